The molecule has 10 heteroatoms. The number of ether oxygens (including phenoxy) is 1. The lowest BCUT2D eigenvalue weighted by atomic mass is 10.1. The monoisotopic (exact) mass is 413 g/mol. The summed E-state index contributed by atoms with van der Waals surface area (Å²) < 4.78 is 9.19. The molecule has 0 aliphatic carbocycles. The van der Waals surface area contributed by atoms with Crippen LogP contribution < -0.4 is 0 Å². The Morgan fingerprint density at radius 1 is 0.968 bits per heavy atom. The van der Waals surface area contributed by atoms with Gasteiger partial charge in [-0.15, -0.1) is 5.10 Å². The van der Waals surface area contributed by atoms with Crippen molar-refractivity contribution in [3.05, 3.63) is 60.6 Å². The molecule has 1 aliphatic heterocycles. The summed E-state index contributed by atoms with van der Waals surface area (Å²) in [5.74, 6) is 0.697. The highest BCUT2D eigenvalue weighted by Gasteiger charge is 2.17. The fraction of sp³-hybridized carbons (Fsp3) is 0.286. The predicted octanol–water partition coefficient (Wildman–Crippen LogP) is 2.29. The molecule has 0 atom stereocenters. The third-order valence-corrected chi connectivity index (χ3v) is 5.52. The summed E-state index contributed by atoms with van der Waals surface area (Å²) in [6.45, 7) is 1.58. The Kier molecular flexibility index (Phi) is 4.34. The van der Waals surface area contributed by atoms with Crippen molar-refractivity contribution in [1.82, 2.24) is 44.7 Å². The summed E-state index contributed by atoms with van der Waals surface area (Å²) in [5, 5.41) is 13.0. The zero-order chi connectivity index (χ0) is 20.6. The molecule has 0 N–H and O–H groups in total. The van der Waals surface area contributed by atoms with Crippen molar-refractivity contribution in [2.24, 2.45) is 0 Å². The van der Waals surface area contributed by atoms with Gasteiger partial charge in [-0.25, -0.2) is 9.97 Å². The summed E-state index contributed by atoms with van der Waals surface area (Å²) in [5.41, 5.74) is 4.82. The molecule has 0 bridgehead atoms. The molecular formula is C21H19N9O. The van der Waals surface area contributed by atoms with Crippen molar-refractivity contribution < 1.29 is 4.74 Å². The minimum absolute atomic E-state index is 0.396. The van der Waals surface area contributed by atoms with E-state index in [1.807, 2.05) is 29.1 Å². The first-order valence-electron chi connectivity index (χ1n) is 10.2. The normalized spacial score (nSPS) is 15.1. The summed E-state index contributed by atoms with van der Waals surface area (Å²) in [7, 11) is 0. The van der Waals surface area contributed by atoms with Gasteiger partial charge in [0.05, 0.1) is 35.2 Å². The van der Waals surface area contributed by atoms with E-state index >= 15 is 0 Å². The van der Waals surface area contributed by atoms with Crippen molar-refractivity contribution in [2.45, 2.75) is 25.3 Å². The Balaban J connectivity index is 1.31. The topological polar surface area (TPSA) is 109 Å². The number of aromatic nitrogens is 9. The van der Waals surface area contributed by atoms with E-state index in [0.29, 0.717) is 29.5 Å². The summed E-state index contributed by atoms with van der Waals surface area (Å²) >= 11 is 0. The van der Waals surface area contributed by atoms with Gasteiger partial charge in [-0.1, -0.05) is 5.21 Å². The number of fused-ring (bicyclic) bond motifs is 2. The molecule has 154 valence electrons. The Bertz CT molecular complexity index is 1370. The zero-order valence-corrected chi connectivity index (χ0v) is 16.7. The van der Waals surface area contributed by atoms with Gasteiger partial charge < -0.3 is 4.74 Å². The van der Waals surface area contributed by atoms with Crippen LogP contribution in [-0.2, 0) is 11.2 Å². The zero-order valence-electron chi connectivity index (χ0n) is 16.7. The quantitative estimate of drug-likeness (QED) is 0.441. The maximum absolute atomic E-state index is 5.45. The van der Waals surface area contributed by atoms with Gasteiger partial charge in [-0.3, -0.25) is 14.6 Å². The van der Waals surface area contributed by atoms with E-state index < -0.39 is 0 Å². The van der Waals surface area contributed by atoms with Gasteiger partial charge in [0, 0.05) is 38.2 Å². The van der Waals surface area contributed by atoms with E-state index in [4.69, 9.17) is 9.72 Å². The number of hydrogen-bond donors (Lipinski definition) is 0. The Hall–Kier alpha value is -3.79. The molecule has 6 rings (SSSR count). The fourth-order valence-corrected chi connectivity index (χ4v) is 3.91. The van der Waals surface area contributed by atoms with Crippen molar-refractivity contribution in [3.63, 3.8) is 0 Å². The number of hydrogen-bond acceptors (Lipinski definition) is 8. The molecule has 0 radical (unpaired) electrons. The number of benzene rings is 1. The van der Waals surface area contributed by atoms with Gasteiger partial charge in [-0.2, -0.15) is 9.78 Å². The highest BCUT2D eigenvalue weighted by molar-refractivity contribution is 5.78. The number of rotatable bonds is 4. The Morgan fingerprint density at radius 3 is 2.74 bits per heavy atom. The van der Waals surface area contributed by atoms with Crippen LogP contribution in [0.15, 0.2) is 49.2 Å². The van der Waals surface area contributed by atoms with E-state index in [1.54, 1.807) is 23.3 Å². The predicted molar refractivity (Wildman–Crippen MR) is 112 cm³/mol. The average molecular weight is 413 g/mol. The van der Waals surface area contributed by atoms with Crippen LogP contribution in [0.1, 0.15) is 30.3 Å². The minimum Gasteiger partial charge on any atom is -0.381 e. The molecule has 5 aromatic rings. The molecule has 0 unspecified atom stereocenters. The average Bonchev–Trinajstić information content (AvgIpc) is 3.46. The molecule has 31 heavy (non-hydrogen) atoms. The Morgan fingerprint density at radius 2 is 1.84 bits per heavy atom. The summed E-state index contributed by atoms with van der Waals surface area (Å²) in [4.78, 5) is 17.9. The Labute approximate surface area is 176 Å². The molecule has 1 fully saturated rings. The standard InChI is InChI=1S/C21H19N9O/c1-2-17-18(23-6-5-22-17)10-16(1)30-21-19(27-28-30)12-24-20(26-21)9-14-11-25-29(13-14)15-3-7-31-8-4-15/h1-2,5-6,10-13,15H,3-4,7-9H2. The van der Waals surface area contributed by atoms with Crippen molar-refractivity contribution in [2.75, 3.05) is 13.2 Å². The highest BCUT2D eigenvalue weighted by Crippen LogP contribution is 2.21. The molecule has 10 nitrogen and oxygen atoms in total. The second-order valence-corrected chi connectivity index (χ2v) is 7.57. The van der Waals surface area contributed by atoms with Crippen molar-refractivity contribution >= 4 is 22.2 Å². The molecule has 4 aromatic heterocycles. The van der Waals surface area contributed by atoms with Crippen LogP contribution >= 0.6 is 0 Å². The fourth-order valence-electron chi connectivity index (χ4n) is 3.91. The van der Waals surface area contributed by atoms with Crippen molar-refractivity contribution in [1.29, 1.82) is 0 Å². The second-order valence-electron chi connectivity index (χ2n) is 7.57. The lowest BCUT2D eigenvalue weighted by Gasteiger charge is -2.22. The molecular weight excluding hydrogens is 394 g/mol. The van der Waals surface area contributed by atoms with E-state index in [2.05, 4.69) is 36.6 Å². The highest BCUT2D eigenvalue weighted by atomic mass is 16.5. The van der Waals surface area contributed by atoms with Crippen LogP contribution in [-0.4, -0.2) is 57.9 Å². The van der Waals surface area contributed by atoms with Gasteiger partial charge in [0.1, 0.15) is 5.82 Å². The first kappa shape index (κ1) is 18.0. The smallest absolute Gasteiger partial charge is 0.187 e. The maximum Gasteiger partial charge on any atom is 0.187 e. The van der Waals surface area contributed by atoms with E-state index in [-0.39, 0.29) is 0 Å². The molecule has 5 heterocycles. The van der Waals surface area contributed by atoms with Crippen LogP contribution in [0.2, 0.25) is 0 Å². The molecule has 1 saturated heterocycles. The van der Waals surface area contributed by atoms with Gasteiger partial charge in [0.25, 0.3) is 0 Å². The minimum atomic E-state index is 0.396. The second kappa shape index (κ2) is 7.47. The summed E-state index contributed by atoms with van der Waals surface area (Å²) in [6, 6.07) is 6.17. The molecule has 0 spiro atoms. The third kappa shape index (κ3) is 3.40. The largest absolute Gasteiger partial charge is 0.381 e. The van der Waals surface area contributed by atoms with Crippen LogP contribution in [0.25, 0.3) is 27.9 Å². The first-order chi connectivity index (χ1) is 15.3. The molecule has 1 aliphatic rings. The lowest BCUT2D eigenvalue weighted by Crippen LogP contribution is -2.19. The summed E-state index contributed by atoms with van der Waals surface area (Å²) in [6.07, 6.45) is 11.6. The first-order valence-corrected chi connectivity index (χ1v) is 10.2. The van der Waals surface area contributed by atoms with E-state index in [1.165, 1.54) is 0 Å². The van der Waals surface area contributed by atoms with Gasteiger partial charge >= 0.3 is 0 Å². The van der Waals surface area contributed by atoms with Gasteiger partial charge in [0.2, 0.25) is 0 Å². The van der Waals surface area contributed by atoms with Crippen LogP contribution in [0.3, 0.4) is 0 Å². The van der Waals surface area contributed by atoms with Crippen LogP contribution in [0, 0.1) is 0 Å². The van der Waals surface area contributed by atoms with E-state index in [0.717, 1.165) is 48.3 Å². The third-order valence-electron chi connectivity index (χ3n) is 5.52. The van der Waals surface area contributed by atoms with Crippen LogP contribution in [0.4, 0.5) is 0 Å². The molecule has 0 saturated carbocycles. The maximum atomic E-state index is 5.45. The SMILES string of the molecule is c1cnc2cc(-n3nnc4cnc(Cc5cnn(C6CCOCC6)c5)nc43)ccc2n1. The number of nitrogens with zero attached hydrogens (tertiary/aromatic N) is 9. The van der Waals surface area contributed by atoms with Gasteiger partial charge in [0.15, 0.2) is 11.2 Å². The van der Waals surface area contributed by atoms with Gasteiger partial charge in [-0.05, 0) is 36.6 Å². The van der Waals surface area contributed by atoms with Crippen LogP contribution in [0.5, 0.6) is 0 Å². The lowest BCUT2D eigenvalue weighted by molar-refractivity contribution is 0.0662. The van der Waals surface area contributed by atoms with E-state index in [9.17, 15) is 0 Å². The molecule has 0 amide bonds. The molecule has 1 aromatic carbocycles. The van der Waals surface area contributed by atoms with Crippen molar-refractivity contribution in [3.8, 4) is 5.69 Å².